The lowest BCUT2D eigenvalue weighted by Gasteiger charge is -2.35. The number of rotatable bonds is 13. The second-order valence-electron chi connectivity index (χ2n) is 10.1. The molecule has 10 heteroatoms. The third kappa shape index (κ3) is 8.91. The predicted molar refractivity (Wildman–Crippen MR) is 152 cm³/mol. The summed E-state index contributed by atoms with van der Waals surface area (Å²) in [6.45, 7) is 18.6. The molecule has 0 atom stereocenters. The lowest BCUT2D eigenvalue weighted by atomic mass is 10.1. The van der Waals surface area contributed by atoms with Crippen LogP contribution in [-0.4, -0.2) is 89.5 Å². The van der Waals surface area contributed by atoms with E-state index in [1.807, 2.05) is 38.1 Å². The minimum absolute atomic E-state index is 0.00149. The van der Waals surface area contributed by atoms with Crippen molar-refractivity contribution in [2.45, 2.75) is 40.7 Å². The highest BCUT2D eigenvalue weighted by atomic mass is 35.5. The zero-order valence-corrected chi connectivity index (χ0v) is 23.9. The van der Waals surface area contributed by atoms with E-state index in [0.29, 0.717) is 17.9 Å². The van der Waals surface area contributed by atoms with E-state index < -0.39 is 0 Å². The summed E-state index contributed by atoms with van der Waals surface area (Å²) < 4.78 is 0. The van der Waals surface area contributed by atoms with Gasteiger partial charge in [0.2, 0.25) is 5.82 Å². The summed E-state index contributed by atoms with van der Waals surface area (Å²) >= 11 is 6.32. The molecular weight excluding hydrogens is 500 g/mol. The molecule has 0 aliphatic carbocycles. The average molecular weight is 541 g/mol. The number of hydrazine groups is 1. The van der Waals surface area contributed by atoms with Crippen LogP contribution in [0.15, 0.2) is 30.5 Å². The van der Waals surface area contributed by atoms with Gasteiger partial charge in [0.15, 0.2) is 5.82 Å². The van der Waals surface area contributed by atoms with E-state index >= 15 is 0 Å². The van der Waals surface area contributed by atoms with Gasteiger partial charge in [0, 0.05) is 44.8 Å². The number of halogens is 1. The number of piperazine rings is 1. The molecule has 1 aromatic carbocycles. The van der Waals surface area contributed by atoms with Crippen LogP contribution in [0.1, 0.15) is 55.9 Å². The van der Waals surface area contributed by atoms with Crippen LogP contribution in [0.5, 0.6) is 0 Å². The number of hydrogen-bond acceptors (Lipinski definition) is 8. The van der Waals surface area contributed by atoms with Crippen LogP contribution < -0.4 is 10.4 Å². The molecule has 0 unspecified atom stereocenters. The van der Waals surface area contributed by atoms with Crippen molar-refractivity contribution in [2.75, 3.05) is 63.9 Å². The minimum Gasteiger partial charge on any atom is -0.304 e. The van der Waals surface area contributed by atoms with Gasteiger partial charge in [0.25, 0.3) is 5.91 Å². The predicted octanol–water partition coefficient (Wildman–Crippen LogP) is 3.66. The van der Waals surface area contributed by atoms with Crippen molar-refractivity contribution in [3.63, 3.8) is 0 Å². The molecule has 38 heavy (non-hydrogen) atoms. The molecule has 9 nitrogen and oxygen atoms in total. The monoisotopic (exact) mass is 540 g/mol. The van der Waals surface area contributed by atoms with Crippen molar-refractivity contribution in [3.05, 3.63) is 52.4 Å². The molecule has 1 aliphatic heterocycles. The number of anilines is 1. The first-order valence-electron chi connectivity index (χ1n) is 13.6. The van der Waals surface area contributed by atoms with Crippen molar-refractivity contribution >= 4 is 23.3 Å². The van der Waals surface area contributed by atoms with E-state index in [9.17, 15) is 10.1 Å². The molecule has 1 aromatic heterocycles. The van der Waals surface area contributed by atoms with Crippen LogP contribution in [0, 0.1) is 17.2 Å². The Morgan fingerprint density at radius 2 is 1.89 bits per heavy atom. The van der Waals surface area contributed by atoms with Gasteiger partial charge in [-0.25, -0.2) is 4.98 Å². The Bertz CT molecular complexity index is 1080. The van der Waals surface area contributed by atoms with Gasteiger partial charge in [-0.15, -0.1) is 0 Å². The topological polar surface area (TPSA) is 91.6 Å². The maximum Gasteiger partial charge on any atom is 0.269 e. The standard InChI is InChI=1S/C28H41ClN8O/c1-5-34(6-2)11-8-12-35-13-15-36(16-14-35)21-23-9-7-10-24(17-23)28(38)33-37(20-22(3)4)27-25(29)19-31-26(18-30)32-27/h7,9-10,17,19,22H,5-6,8,11-16,20-21H2,1-4H3,(H,33,38). The third-order valence-electron chi connectivity index (χ3n) is 6.77. The van der Waals surface area contributed by atoms with E-state index in [1.54, 1.807) is 5.01 Å². The normalized spacial score (nSPS) is 14.6. The molecule has 2 aromatic rings. The molecule has 1 saturated heterocycles. The number of nitrogens with zero attached hydrogens (tertiary/aromatic N) is 7. The molecule has 0 bridgehead atoms. The average Bonchev–Trinajstić information content (AvgIpc) is 2.92. The Hall–Kier alpha value is -2.77. The van der Waals surface area contributed by atoms with Gasteiger partial charge in [-0.1, -0.05) is 51.4 Å². The Balaban J connectivity index is 1.57. The van der Waals surface area contributed by atoms with Crippen LogP contribution in [0.25, 0.3) is 0 Å². The molecule has 1 amide bonds. The molecule has 1 fully saturated rings. The highest BCUT2D eigenvalue weighted by Gasteiger charge is 2.20. The fraction of sp³-hybridized carbons (Fsp3) is 0.571. The summed E-state index contributed by atoms with van der Waals surface area (Å²) in [4.78, 5) is 28.8. The molecular formula is C28H41ClN8O. The molecule has 0 spiro atoms. The molecule has 3 rings (SSSR count). The van der Waals surface area contributed by atoms with Crippen molar-refractivity contribution < 1.29 is 4.79 Å². The van der Waals surface area contributed by atoms with Crippen LogP contribution in [-0.2, 0) is 6.54 Å². The molecule has 1 aliphatic rings. The number of nitrogens with one attached hydrogen (secondary N) is 1. The van der Waals surface area contributed by atoms with Gasteiger partial charge in [0.05, 0.1) is 6.20 Å². The van der Waals surface area contributed by atoms with E-state index in [4.69, 9.17) is 11.6 Å². The Labute approximate surface area is 232 Å². The smallest absolute Gasteiger partial charge is 0.269 e. The molecule has 1 N–H and O–H groups in total. The molecule has 206 valence electrons. The Morgan fingerprint density at radius 1 is 1.18 bits per heavy atom. The highest BCUT2D eigenvalue weighted by molar-refractivity contribution is 6.32. The zero-order valence-electron chi connectivity index (χ0n) is 23.2. The second-order valence-corrected chi connectivity index (χ2v) is 10.5. The molecule has 0 radical (unpaired) electrons. The lowest BCUT2D eigenvalue weighted by Crippen LogP contribution is -2.46. The maximum absolute atomic E-state index is 13.2. The lowest BCUT2D eigenvalue weighted by molar-refractivity contribution is 0.0947. The maximum atomic E-state index is 13.2. The number of carbonyl (C=O) groups is 1. The van der Waals surface area contributed by atoms with Crippen LogP contribution >= 0.6 is 11.6 Å². The largest absolute Gasteiger partial charge is 0.304 e. The number of aromatic nitrogens is 2. The van der Waals surface area contributed by atoms with Gasteiger partial charge in [-0.3, -0.25) is 20.1 Å². The van der Waals surface area contributed by atoms with E-state index in [0.717, 1.165) is 57.9 Å². The minimum atomic E-state index is -0.251. The first-order valence-corrected chi connectivity index (χ1v) is 14.0. The third-order valence-corrected chi connectivity index (χ3v) is 7.04. The summed E-state index contributed by atoms with van der Waals surface area (Å²) in [6.07, 6.45) is 2.60. The fourth-order valence-electron chi connectivity index (χ4n) is 4.64. The number of nitriles is 1. The number of carbonyl (C=O) groups excluding carboxylic acids is 1. The van der Waals surface area contributed by atoms with Crippen molar-refractivity contribution in [3.8, 4) is 6.07 Å². The van der Waals surface area contributed by atoms with Crippen LogP contribution in [0.4, 0.5) is 5.82 Å². The SMILES string of the molecule is CCN(CC)CCCN1CCN(Cc2cccc(C(=O)NN(CC(C)C)c3nc(C#N)ncc3Cl)c2)CC1. The van der Waals surface area contributed by atoms with Crippen molar-refractivity contribution in [2.24, 2.45) is 5.92 Å². The van der Waals surface area contributed by atoms with E-state index in [2.05, 4.69) is 50.0 Å². The number of benzene rings is 1. The Morgan fingerprint density at radius 3 is 2.55 bits per heavy atom. The Kier molecular flexibility index (Phi) is 11.7. The molecule has 2 heterocycles. The summed E-state index contributed by atoms with van der Waals surface area (Å²) in [5.74, 6) is 0.276. The fourth-order valence-corrected chi connectivity index (χ4v) is 4.83. The van der Waals surface area contributed by atoms with E-state index in [1.165, 1.54) is 19.2 Å². The summed E-state index contributed by atoms with van der Waals surface area (Å²) in [7, 11) is 0. The number of hydrogen-bond donors (Lipinski definition) is 1. The summed E-state index contributed by atoms with van der Waals surface area (Å²) in [5, 5.41) is 11.1. The number of amides is 1. The van der Waals surface area contributed by atoms with Gasteiger partial charge in [0.1, 0.15) is 11.1 Å². The van der Waals surface area contributed by atoms with Gasteiger partial charge in [-0.2, -0.15) is 10.2 Å². The van der Waals surface area contributed by atoms with Crippen LogP contribution in [0.2, 0.25) is 5.02 Å². The van der Waals surface area contributed by atoms with Gasteiger partial charge < -0.3 is 9.80 Å². The van der Waals surface area contributed by atoms with E-state index in [-0.39, 0.29) is 22.7 Å². The zero-order chi connectivity index (χ0) is 27.5. The summed E-state index contributed by atoms with van der Waals surface area (Å²) in [5.41, 5.74) is 4.61. The van der Waals surface area contributed by atoms with Crippen LogP contribution in [0.3, 0.4) is 0 Å². The second kappa shape index (κ2) is 15.0. The van der Waals surface area contributed by atoms with Gasteiger partial charge in [-0.05, 0) is 56.2 Å². The van der Waals surface area contributed by atoms with Gasteiger partial charge >= 0.3 is 0 Å². The summed E-state index contributed by atoms with van der Waals surface area (Å²) in [6, 6.07) is 9.67. The first kappa shape index (κ1) is 29.8. The van der Waals surface area contributed by atoms with Crippen molar-refractivity contribution in [1.82, 2.24) is 30.1 Å². The molecule has 0 saturated carbocycles. The quantitative estimate of drug-likeness (QED) is 0.385. The van der Waals surface area contributed by atoms with Crippen molar-refractivity contribution in [1.29, 1.82) is 5.26 Å². The highest BCUT2D eigenvalue weighted by Crippen LogP contribution is 2.22. The first-order chi connectivity index (χ1) is 18.3.